The first kappa shape index (κ1) is 16.3. The summed E-state index contributed by atoms with van der Waals surface area (Å²) in [6, 6.07) is 10.00. The molecule has 5 heteroatoms. The molecule has 24 heavy (non-hydrogen) atoms. The van der Waals surface area contributed by atoms with Gasteiger partial charge in [-0.2, -0.15) is 0 Å². The third kappa shape index (κ3) is 3.50. The zero-order valence-corrected chi connectivity index (χ0v) is 14.2. The number of anilines is 1. The summed E-state index contributed by atoms with van der Waals surface area (Å²) in [7, 11) is 2.15. The lowest BCUT2D eigenvalue weighted by Crippen LogP contribution is -2.44. The van der Waals surface area contributed by atoms with Crippen molar-refractivity contribution in [2.24, 2.45) is 0 Å². The highest BCUT2D eigenvalue weighted by molar-refractivity contribution is 5.55. The Hall–Kier alpha value is -2.58. The lowest BCUT2D eigenvalue weighted by molar-refractivity contribution is 0.313. The molecular weight excluding hydrogens is 300 g/mol. The Kier molecular flexibility index (Phi) is 4.97. The highest BCUT2D eigenvalue weighted by Crippen LogP contribution is 2.32. The molecule has 0 N–H and O–H groups in total. The van der Waals surface area contributed by atoms with E-state index in [9.17, 15) is 0 Å². The summed E-state index contributed by atoms with van der Waals surface area (Å²) in [4.78, 5) is 12.3. The minimum absolute atomic E-state index is 0.422. The van der Waals surface area contributed by atoms with E-state index in [1.54, 1.807) is 6.20 Å². The fourth-order valence-electron chi connectivity index (χ4n) is 2.92. The molecule has 1 aliphatic rings. The Balaban J connectivity index is 1.82. The number of piperazine rings is 1. The van der Waals surface area contributed by atoms with Crippen LogP contribution in [0.1, 0.15) is 12.5 Å². The monoisotopic (exact) mass is 322 g/mol. The topological polar surface area (TPSA) is 33.0 Å². The third-order valence-corrected chi connectivity index (χ3v) is 4.36. The maximum atomic E-state index is 7.24. The molecule has 0 aliphatic carbocycles. The SMILES string of the molecule is [C-]#[N+]c1nccc(Oc2cccc(N3CCN(C)CC3)c2)c1CC. The van der Waals surface area contributed by atoms with Crippen molar-refractivity contribution < 1.29 is 4.74 Å². The second-order valence-corrected chi connectivity index (χ2v) is 5.97. The number of aromatic nitrogens is 1. The molecule has 0 spiro atoms. The predicted octanol–water partition coefficient (Wildman–Crippen LogP) is 3.74. The van der Waals surface area contributed by atoms with Crippen LogP contribution in [0.5, 0.6) is 11.5 Å². The van der Waals surface area contributed by atoms with Crippen LogP contribution in [0.4, 0.5) is 11.5 Å². The van der Waals surface area contributed by atoms with Crippen molar-refractivity contribution in [2.45, 2.75) is 13.3 Å². The Morgan fingerprint density at radius 1 is 1.21 bits per heavy atom. The van der Waals surface area contributed by atoms with Crippen LogP contribution >= 0.6 is 0 Å². The van der Waals surface area contributed by atoms with Crippen LogP contribution in [-0.4, -0.2) is 43.1 Å². The predicted molar refractivity (Wildman–Crippen MR) is 96.1 cm³/mol. The van der Waals surface area contributed by atoms with Crippen LogP contribution in [0.25, 0.3) is 4.85 Å². The minimum Gasteiger partial charge on any atom is -0.458 e. The quantitative estimate of drug-likeness (QED) is 0.803. The largest absolute Gasteiger partial charge is 0.458 e. The van der Waals surface area contributed by atoms with E-state index in [1.165, 1.54) is 5.69 Å². The summed E-state index contributed by atoms with van der Waals surface area (Å²) in [6.07, 6.45) is 2.35. The van der Waals surface area contributed by atoms with Crippen molar-refractivity contribution >= 4 is 11.5 Å². The van der Waals surface area contributed by atoms with Crippen LogP contribution in [0, 0.1) is 6.57 Å². The smallest absolute Gasteiger partial charge is 0.276 e. The number of likely N-dealkylation sites (N-methyl/N-ethyl adjacent to an activating group) is 1. The van der Waals surface area contributed by atoms with E-state index in [-0.39, 0.29) is 0 Å². The molecule has 0 unspecified atom stereocenters. The average molecular weight is 322 g/mol. The van der Waals surface area contributed by atoms with Gasteiger partial charge in [-0.1, -0.05) is 19.6 Å². The van der Waals surface area contributed by atoms with Crippen molar-refractivity contribution in [3.63, 3.8) is 0 Å². The summed E-state index contributed by atoms with van der Waals surface area (Å²) in [5.74, 6) is 1.93. The molecule has 1 aliphatic heterocycles. The molecule has 0 radical (unpaired) electrons. The van der Waals surface area contributed by atoms with Gasteiger partial charge in [0.15, 0.2) is 0 Å². The molecule has 5 nitrogen and oxygen atoms in total. The highest BCUT2D eigenvalue weighted by atomic mass is 16.5. The minimum atomic E-state index is 0.422. The van der Waals surface area contributed by atoms with Crippen LogP contribution < -0.4 is 9.64 Å². The molecule has 2 aromatic rings. The van der Waals surface area contributed by atoms with E-state index in [4.69, 9.17) is 11.3 Å². The van der Waals surface area contributed by atoms with Gasteiger partial charge in [-0.25, -0.2) is 0 Å². The maximum Gasteiger partial charge on any atom is 0.276 e. The molecule has 2 heterocycles. The Bertz CT molecular complexity index is 745. The number of nitrogens with zero attached hydrogens (tertiary/aromatic N) is 4. The fraction of sp³-hybridized carbons (Fsp3) is 0.368. The molecule has 1 fully saturated rings. The van der Waals surface area contributed by atoms with Gasteiger partial charge in [0.2, 0.25) is 0 Å². The van der Waals surface area contributed by atoms with Crippen molar-refractivity contribution in [1.29, 1.82) is 0 Å². The number of benzene rings is 1. The zero-order valence-electron chi connectivity index (χ0n) is 14.2. The summed E-state index contributed by atoms with van der Waals surface area (Å²) in [5.41, 5.74) is 2.04. The van der Waals surface area contributed by atoms with E-state index in [0.717, 1.165) is 43.9 Å². The summed E-state index contributed by atoms with van der Waals surface area (Å²) >= 11 is 0. The summed E-state index contributed by atoms with van der Waals surface area (Å²) < 4.78 is 6.08. The second kappa shape index (κ2) is 7.33. The van der Waals surface area contributed by atoms with Gasteiger partial charge in [0, 0.05) is 49.6 Å². The Morgan fingerprint density at radius 2 is 2.00 bits per heavy atom. The molecule has 124 valence electrons. The first-order valence-electron chi connectivity index (χ1n) is 8.28. The fourth-order valence-corrected chi connectivity index (χ4v) is 2.92. The summed E-state index contributed by atoms with van der Waals surface area (Å²) in [5, 5.41) is 0. The first-order valence-corrected chi connectivity index (χ1v) is 8.28. The Morgan fingerprint density at radius 3 is 2.71 bits per heavy atom. The van der Waals surface area contributed by atoms with Crippen molar-refractivity contribution in [3.8, 4) is 11.5 Å². The molecule has 1 aromatic carbocycles. The van der Waals surface area contributed by atoms with Gasteiger partial charge < -0.3 is 19.4 Å². The molecule has 1 aromatic heterocycles. The van der Waals surface area contributed by atoms with E-state index in [2.05, 4.69) is 38.8 Å². The molecule has 0 atom stereocenters. The van der Waals surface area contributed by atoms with Crippen molar-refractivity contribution in [1.82, 2.24) is 9.88 Å². The zero-order chi connectivity index (χ0) is 16.9. The lowest BCUT2D eigenvalue weighted by atomic mass is 10.2. The lowest BCUT2D eigenvalue weighted by Gasteiger charge is -2.34. The van der Waals surface area contributed by atoms with Crippen molar-refractivity contribution in [2.75, 3.05) is 38.1 Å². The number of hydrogen-bond donors (Lipinski definition) is 0. The third-order valence-electron chi connectivity index (χ3n) is 4.36. The van der Waals surface area contributed by atoms with E-state index in [0.29, 0.717) is 11.6 Å². The average Bonchev–Trinajstić information content (AvgIpc) is 2.62. The molecule has 0 saturated carbocycles. The van der Waals surface area contributed by atoms with Gasteiger partial charge in [0.05, 0.1) is 0 Å². The van der Waals surface area contributed by atoms with E-state index < -0.39 is 0 Å². The van der Waals surface area contributed by atoms with Crippen molar-refractivity contribution in [3.05, 3.63) is 53.5 Å². The van der Waals surface area contributed by atoms with Crippen LogP contribution in [-0.2, 0) is 6.42 Å². The molecule has 0 amide bonds. The number of ether oxygens (including phenoxy) is 1. The number of rotatable bonds is 4. The van der Waals surface area contributed by atoms with Gasteiger partial charge >= 0.3 is 0 Å². The molecule has 3 rings (SSSR count). The highest BCUT2D eigenvalue weighted by Gasteiger charge is 2.15. The van der Waals surface area contributed by atoms with Gasteiger partial charge in [0.25, 0.3) is 5.82 Å². The van der Waals surface area contributed by atoms with E-state index >= 15 is 0 Å². The standard InChI is InChI=1S/C19H22N4O/c1-4-17-18(8-9-21-19(17)20-2)24-16-7-5-6-15(14-16)23-12-10-22(3)11-13-23/h5-9,14H,4,10-13H2,1,3H3. The van der Waals surface area contributed by atoms with Gasteiger partial charge in [-0.15, -0.1) is 4.98 Å². The van der Waals surface area contributed by atoms with Crippen LogP contribution in [0.3, 0.4) is 0 Å². The summed E-state index contributed by atoms with van der Waals surface area (Å²) in [6.45, 7) is 13.5. The van der Waals surface area contributed by atoms with Crippen LogP contribution in [0.2, 0.25) is 0 Å². The van der Waals surface area contributed by atoms with Gasteiger partial charge in [-0.3, -0.25) is 0 Å². The molecule has 1 saturated heterocycles. The maximum absolute atomic E-state index is 7.24. The van der Waals surface area contributed by atoms with Gasteiger partial charge in [-0.05, 0) is 25.6 Å². The molecule has 0 bridgehead atoms. The second-order valence-electron chi connectivity index (χ2n) is 5.97. The first-order chi connectivity index (χ1) is 11.7. The number of pyridine rings is 1. The molecular formula is C19H22N4O. The number of hydrogen-bond acceptors (Lipinski definition) is 4. The van der Waals surface area contributed by atoms with Crippen LogP contribution in [0.15, 0.2) is 36.5 Å². The Labute approximate surface area is 143 Å². The van der Waals surface area contributed by atoms with E-state index in [1.807, 2.05) is 25.1 Å². The normalized spacial score (nSPS) is 15.1. The van der Waals surface area contributed by atoms with Gasteiger partial charge in [0.1, 0.15) is 17.7 Å².